The fourth-order valence-electron chi connectivity index (χ4n) is 3.27. The monoisotopic (exact) mass is 291 g/mol. The molecule has 2 aliphatic rings. The van der Waals surface area contributed by atoms with Gasteiger partial charge in [-0.05, 0) is 39.5 Å². The SMILES string of the molecule is CC1CN(C2CCC(OS(C)(=O)=O)CC2)CC(C)O1. The van der Waals surface area contributed by atoms with E-state index in [1.807, 2.05) is 0 Å². The van der Waals surface area contributed by atoms with Gasteiger partial charge in [0.25, 0.3) is 10.1 Å². The molecule has 0 spiro atoms. The molecule has 1 aliphatic carbocycles. The molecule has 1 heterocycles. The molecule has 1 aliphatic heterocycles. The van der Waals surface area contributed by atoms with Crippen LogP contribution in [0.15, 0.2) is 0 Å². The van der Waals surface area contributed by atoms with Crippen molar-refractivity contribution in [2.45, 2.75) is 63.9 Å². The predicted molar refractivity (Wildman–Crippen MR) is 73.6 cm³/mol. The zero-order valence-corrected chi connectivity index (χ0v) is 12.9. The zero-order chi connectivity index (χ0) is 14.0. The Labute approximate surface area is 116 Å². The Morgan fingerprint density at radius 1 is 1.05 bits per heavy atom. The molecule has 5 nitrogen and oxygen atoms in total. The standard InChI is InChI=1S/C13H25NO4S/c1-10-8-14(9-11(2)17-10)12-4-6-13(7-5-12)18-19(3,15)16/h10-13H,4-9H2,1-3H3. The Balaban J connectivity index is 1.82. The minimum Gasteiger partial charge on any atom is -0.373 e. The molecule has 1 saturated carbocycles. The Morgan fingerprint density at radius 2 is 1.58 bits per heavy atom. The Morgan fingerprint density at radius 3 is 2.05 bits per heavy atom. The number of rotatable bonds is 3. The van der Waals surface area contributed by atoms with Crippen molar-refractivity contribution in [3.63, 3.8) is 0 Å². The first-order chi connectivity index (χ1) is 8.83. The molecule has 0 aromatic rings. The van der Waals surface area contributed by atoms with Gasteiger partial charge in [-0.25, -0.2) is 0 Å². The maximum absolute atomic E-state index is 11.1. The molecular formula is C13H25NO4S. The third-order valence-electron chi connectivity index (χ3n) is 3.92. The summed E-state index contributed by atoms with van der Waals surface area (Å²) < 4.78 is 33.1. The Bertz CT molecular complexity index is 379. The van der Waals surface area contributed by atoms with E-state index in [2.05, 4.69) is 18.7 Å². The molecule has 0 bridgehead atoms. The highest BCUT2D eigenvalue weighted by Crippen LogP contribution is 2.28. The number of hydrogen-bond acceptors (Lipinski definition) is 5. The highest BCUT2D eigenvalue weighted by Gasteiger charge is 2.32. The maximum atomic E-state index is 11.1. The number of hydrogen-bond donors (Lipinski definition) is 0. The molecule has 19 heavy (non-hydrogen) atoms. The van der Waals surface area contributed by atoms with E-state index < -0.39 is 10.1 Å². The van der Waals surface area contributed by atoms with E-state index in [0.717, 1.165) is 45.0 Å². The smallest absolute Gasteiger partial charge is 0.264 e. The average molecular weight is 291 g/mol. The van der Waals surface area contributed by atoms with Gasteiger partial charge in [0.1, 0.15) is 0 Å². The average Bonchev–Trinajstić information content (AvgIpc) is 2.26. The van der Waals surface area contributed by atoms with Crippen molar-refractivity contribution >= 4 is 10.1 Å². The van der Waals surface area contributed by atoms with Crippen LogP contribution in [-0.4, -0.2) is 57.0 Å². The topological polar surface area (TPSA) is 55.8 Å². The van der Waals surface area contributed by atoms with Crippen LogP contribution >= 0.6 is 0 Å². The number of morpholine rings is 1. The summed E-state index contributed by atoms with van der Waals surface area (Å²) in [6.45, 7) is 6.18. The van der Waals surface area contributed by atoms with Gasteiger partial charge in [0.2, 0.25) is 0 Å². The van der Waals surface area contributed by atoms with Crippen molar-refractivity contribution in [1.82, 2.24) is 4.90 Å². The third kappa shape index (κ3) is 4.70. The molecular weight excluding hydrogens is 266 g/mol. The van der Waals surface area contributed by atoms with E-state index >= 15 is 0 Å². The first-order valence-electron chi connectivity index (χ1n) is 7.11. The molecule has 0 aromatic carbocycles. The van der Waals surface area contributed by atoms with Gasteiger partial charge >= 0.3 is 0 Å². The van der Waals surface area contributed by atoms with Gasteiger partial charge in [0, 0.05) is 19.1 Å². The lowest BCUT2D eigenvalue weighted by Gasteiger charge is -2.42. The molecule has 2 fully saturated rings. The maximum Gasteiger partial charge on any atom is 0.264 e. The summed E-state index contributed by atoms with van der Waals surface area (Å²) in [5.74, 6) is 0. The first kappa shape index (κ1) is 15.2. The van der Waals surface area contributed by atoms with E-state index in [1.165, 1.54) is 0 Å². The summed E-state index contributed by atoms with van der Waals surface area (Å²) in [5, 5.41) is 0. The molecule has 0 N–H and O–H groups in total. The fourth-order valence-corrected chi connectivity index (χ4v) is 3.96. The lowest BCUT2D eigenvalue weighted by Crippen LogP contribution is -2.51. The van der Waals surface area contributed by atoms with Crippen molar-refractivity contribution in [3.8, 4) is 0 Å². The molecule has 2 atom stereocenters. The second kappa shape index (κ2) is 6.08. The number of ether oxygens (including phenoxy) is 1. The van der Waals surface area contributed by atoms with Crippen molar-refractivity contribution in [2.75, 3.05) is 19.3 Å². The highest BCUT2D eigenvalue weighted by molar-refractivity contribution is 7.86. The lowest BCUT2D eigenvalue weighted by molar-refractivity contribution is -0.0865. The lowest BCUT2D eigenvalue weighted by atomic mass is 9.91. The van der Waals surface area contributed by atoms with Gasteiger partial charge in [-0.1, -0.05) is 0 Å². The predicted octanol–water partition coefficient (Wildman–Crippen LogP) is 1.38. The van der Waals surface area contributed by atoms with Crippen LogP contribution < -0.4 is 0 Å². The van der Waals surface area contributed by atoms with Crippen LogP contribution in [0, 0.1) is 0 Å². The molecule has 0 aromatic heterocycles. The summed E-state index contributed by atoms with van der Waals surface area (Å²) in [6, 6.07) is 0.549. The van der Waals surface area contributed by atoms with Crippen LogP contribution in [0.4, 0.5) is 0 Å². The van der Waals surface area contributed by atoms with E-state index in [1.54, 1.807) is 0 Å². The van der Waals surface area contributed by atoms with Crippen LogP contribution in [0.1, 0.15) is 39.5 Å². The summed E-state index contributed by atoms with van der Waals surface area (Å²) in [6.07, 6.45) is 5.27. The van der Waals surface area contributed by atoms with Gasteiger partial charge in [-0.3, -0.25) is 9.08 Å². The van der Waals surface area contributed by atoms with Gasteiger partial charge in [-0.15, -0.1) is 0 Å². The Hall–Kier alpha value is -0.170. The van der Waals surface area contributed by atoms with Gasteiger partial charge in [0.15, 0.2) is 0 Å². The fraction of sp³-hybridized carbons (Fsp3) is 1.00. The van der Waals surface area contributed by atoms with Gasteiger partial charge < -0.3 is 4.74 Å². The normalized spacial score (nSPS) is 38.3. The van der Waals surface area contributed by atoms with Crippen molar-refractivity contribution < 1.29 is 17.3 Å². The molecule has 2 rings (SSSR count). The number of nitrogens with zero attached hydrogens (tertiary/aromatic N) is 1. The van der Waals surface area contributed by atoms with Crippen LogP contribution in [0.25, 0.3) is 0 Å². The minimum absolute atomic E-state index is 0.123. The molecule has 6 heteroatoms. The van der Waals surface area contributed by atoms with Gasteiger partial charge in [0.05, 0.1) is 24.6 Å². The largest absolute Gasteiger partial charge is 0.373 e. The van der Waals surface area contributed by atoms with Crippen LogP contribution in [0.5, 0.6) is 0 Å². The van der Waals surface area contributed by atoms with E-state index in [-0.39, 0.29) is 18.3 Å². The molecule has 1 saturated heterocycles. The van der Waals surface area contributed by atoms with Crippen molar-refractivity contribution in [3.05, 3.63) is 0 Å². The molecule has 0 radical (unpaired) electrons. The van der Waals surface area contributed by atoms with Crippen molar-refractivity contribution in [1.29, 1.82) is 0 Å². The minimum atomic E-state index is -3.32. The first-order valence-corrected chi connectivity index (χ1v) is 8.93. The van der Waals surface area contributed by atoms with Crippen LogP contribution in [0.2, 0.25) is 0 Å². The van der Waals surface area contributed by atoms with Gasteiger partial charge in [-0.2, -0.15) is 8.42 Å². The second-order valence-electron chi connectivity index (χ2n) is 5.94. The van der Waals surface area contributed by atoms with E-state index in [9.17, 15) is 8.42 Å². The summed E-state index contributed by atoms with van der Waals surface area (Å²) in [7, 11) is -3.32. The molecule has 0 amide bonds. The summed E-state index contributed by atoms with van der Waals surface area (Å²) in [5.41, 5.74) is 0. The van der Waals surface area contributed by atoms with Crippen LogP contribution in [0.3, 0.4) is 0 Å². The van der Waals surface area contributed by atoms with Crippen molar-refractivity contribution in [2.24, 2.45) is 0 Å². The zero-order valence-electron chi connectivity index (χ0n) is 12.0. The van der Waals surface area contributed by atoms with E-state index in [0.29, 0.717) is 6.04 Å². The molecule has 112 valence electrons. The summed E-state index contributed by atoms with van der Waals surface area (Å²) in [4.78, 5) is 2.50. The Kier molecular flexibility index (Phi) is 4.87. The quantitative estimate of drug-likeness (QED) is 0.735. The second-order valence-corrected chi connectivity index (χ2v) is 7.54. The molecule has 2 unspecified atom stereocenters. The van der Waals surface area contributed by atoms with Crippen LogP contribution in [-0.2, 0) is 19.0 Å². The highest BCUT2D eigenvalue weighted by atomic mass is 32.2. The summed E-state index contributed by atoms with van der Waals surface area (Å²) >= 11 is 0. The van der Waals surface area contributed by atoms with E-state index in [4.69, 9.17) is 8.92 Å². The third-order valence-corrected chi connectivity index (χ3v) is 4.54.